The number of aliphatic hydroxyl groups excluding tert-OH is 2. The molecule has 1 aliphatic carbocycles. The van der Waals surface area contributed by atoms with Crippen molar-refractivity contribution in [1.29, 1.82) is 0 Å². The zero-order valence-corrected chi connectivity index (χ0v) is 11.5. The average molecular weight is 285 g/mol. The first-order valence-corrected chi connectivity index (χ1v) is 7.28. The zero-order chi connectivity index (χ0) is 13.7. The third kappa shape index (κ3) is 3.97. The van der Waals surface area contributed by atoms with Crippen LogP contribution in [0.4, 0.5) is 5.13 Å². The molecular formula is C12H19N3O3S. The smallest absolute Gasteiger partial charge is 0.240 e. The SMILES string of the molecule is O=C(CNC(CO)CO)Nc1nc2c(s1)CCCC2. The van der Waals surface area contributed by atoms with Crippen LogP contribution < -0.4 is 10.6 Å². The topological polar surface area (TPSA) is 94.5 Å². The molecule has 7 heteroatoms. The molecule has 1 aliphatic rings. The lowest BCUT2D eigenvalue weighted by Crippen LogP contribution is -2.40. The number of fused-ring (bicyclic) bond motifs is 1. The maximum atomic E-state index is 11.7. The molecule has 0 saturated carbocycles. The Hall–Kier alpha value is -1.02. The first-order chi connectivity index (χ1) is 9.22. The van der Waals surface area contributed by atoms with Crippen LogP contribution in [0.5, 0.6) is 0 Å². The first-order valence-electron chi connectivity index (χ1n) is 6.46. The van der Waals surface area contributed by atoms with Gasteiger partial charge < -0.3 is 20.8 Å². The maximum absolute atomic E-state index is 11.7. The summed E-state index contributed by atoms with van der Waals surface area (Å²) in [6, 6.07) is -0.463. The Morgan fingerprint density at radius 1 is 1.32 bits per heavy atom. The van der Waals surface area contributed by atoms with E-state index >= 15 is 0 Å². The Balaban J connectivity index is 1.83. The van der Waals surface area contributed by atoms with E-state index < -0.39 is 6.04 Å². The van der Waals surface area contributed by atoms with Crippen molar-refractivity contribution in [2.75, 3.05) is 25.1 Å². The first kappa shape index (κ1) is 14.4. The number of aliphatic hydroxyl groups is 2. The predicted octanol–water partition coefficient (Wildman–Crippen LogP) is -0.0968. The van der Waals surface area contributed by atoms with Gasteiger partial charge in [-0.2, -0.15) is 0 Å². The van der Waals surface area contributed by atoms with Crippen LogP contribution in [-0.4, -0.2) is 46.9 Å². The molecule has 0 atom stereocenters. The molecule has 19 heavy (non-hydrogen) atoms. The van der Waals surface area contributed by atoms with Crippen LogP contribution in [0.3, 0.4) is 0 Å². The Bertz CT molecular complexity index is 408. The Labute approximate surface area is 115 Å². The van der Waals surface area contributed by atoms with E-state index in [2.05, 4.69) is 15.6 Å². The molecule has 0 saturated heterocycles. The van der Waals surface area contributed by atoms with Gasteiger partial charge in [0.25, 0.3) is 0 Å². The molecule has 4 N–H and O–H groups in total. The number of anilines is 1. The highest BCUT2D eigenvalue weighted by molar-refractivity contribution is 7.15. The van der Waals surface area contributed by atoms with Crippen molar-refractivity contribution in [1.82, 2.24) is 10.3 Å². The van der Waals surface area contributed by atoms with Crippen molar-refractivity contribution in [2.45, 2.75) is 31.7 Å². The number of hydrogen-bond acceptors (Lipinski definition) is 6. The van der Waals surface area contributed by atoms with Crippen molar-refractivity contribution < 1.29 is 15.0 Å². The summed E-state index contributed by atoms with van der Waals surface area (Å²) in [4.78, 5) is 17.4. The molecule has 0 spiro atoms. The van der Waals surface area contributed by atoms with Crippen molar-refractivity contribution in [2.24, 2.45) is 0 Å². The van der Waals surface area contributed by atoms with Gasteiger partial charge >= 0.3 is 0 Å². The summed E-state index contributed by atoms with van der Waals surface area (Å²) in [5, 5.41) is 23.9. The lowest BCUT2D eigenvalue weighted by molar-refractivity contribution is -0.115. The fourth-order valence-electron chi connectivity index (χ4n) is 1.99. The average Bonchev–Trinajstić information content (AvgIpc) is 2.81. The van der Waals surface area contributed by atoms with Gasteiger partial charge in [0.2, 0.25) is 5.91 Å². The number of amides is 1. The van der Waals surface area contributed by atoms with E-state index in [1.165, 1.54) is 29.1 Å². The van der Waals surface area contributed by atoms with E-state index in [-0.39, 0.29) is 25.7 Å². The van der Waals surface area contributed by atoms with Gasteiger partial charge in [0.1, 0.15) is 0 Å². The molecule has 0 aromatic carbocycles. The summed E-state index contributed by atoms with van der Waals surface area (Å²) in [6.07, 6.45) is 4.41. The molecule has 1 aromatic rings. The number of thiazole rings is 1. The third-order valence-electron chi connectivity index (χ3n) is 3.08. The highest BCUT2D eigenvalue weighted by Gasteiger charge is 2.16. The van der Waals surface area contributed by atoms with Crippen LogP contribution in [0.25, 0.3) is 0 Å². The number of hydrogen-bond donors (Lipinski definition) is 4. The molecule has 6 nitrogen and oxygen atoms in total. The van der Waals surface area contributed by atoms with Crippen LogP contribution in [0, 0.1) is 0 Å². The highest BCUT2D eigenvalue weighted by Crippen LogP contribution is 2.29. The van der Waals surface area contributed by atoms with Crippen LogP contribution in [0.1, 0.15) is 23.4 Å². The standard InChI is InChI=1S/C12H19N3O3S/c16-6-8(7-17)13-5-11(18)15-12-14-9-3-1-2-4-10(9)19-12/h8,13,16-17H,1-7H2,(H,14,15,18). The van der Waals surface area contributed by atoms with E-state index in [1.807, 2.05) is 0 Å². The number of nitrogens with one attached hydrogen (secondary N) is 2. The summed E-state index contributed by atoms with van der Waals surface area (Å²) in [6.45, 7) is -0.347. The summed E-state index contributed by atoms with van der Waals surface area (Å²) >= 11 is 1.54. The lowest BCUT2D eigenvalue weighted by atomic mass is 10.0. The normalized spacial score (nSPS) is 14.5. The van der Waals surface area contributed by atoms with Crippen molar-refractivity contribution in [3.8, 4) is 0 Å². The third-order valence-corrected chi connectivity index (χ3v) is 4.16. The number of aryl methyl sites for hydroxylation is 2. The van der Waals surface area contributed by atoms with Gasteiger partial charge in [-0.15, -0.1) is 11.3 Å². The van der Waals surface area contributed by atoms with Crippen molar-refractivity contribution in [3.63, 3.8) is 0 Å². The van der Waals surface area contributed by atoms with Gasteiger partial charge in [0.15, 0.2) is 5.13 Å². The van der Waals surface area contributed by atoms with Crippen molar-refractivity contribution >= 4 is 22.4 Å². The second kappa shape index (κ2) is 6.95. The second-order valence-corrected chi connectivity index (χ2v) is 5.67. The molecular weight excluding hydrogens is 266 g/mol. The maximum Gasteiger partial charge on any atom is 0.240 e. The number of rotatable bonds is 6. The van der Waals surface area contributed by atoms with Gasteiger partial charge in [-0.1, -0.05) is 0 Å². The quantitative estimate of drug-likeness (QED) is 0.586. The molecule has 0 aliphatic heterocycles. The summed E-state index contributed by atoms with van der Waals surface area (Å²) in [7, 11) is 0. The molecule has 1 aromatic heterocycles. The van der Waals surface area contributed by atoms with E-state index in [4.69, 9.17) is 10.2 Å². The molecule has 0 bridgehead atoms. The number of aromatic nitrogens is 1. The molecule has 1 heterocycles. The summed E-state index contributed by atoms with van der Waals surface area (Å²) in [5.74, 6) is -0.210. The van der Waals surface area contributed by atoms with Gasteiger partial charge in [0, 0.05) is 4.88 Å². The molecule has 0 unspecified atom stereocenters. The Morgan fingerprint density at radius 2 is 2.05 bits per heavy atom. The molecule has 0 fully saturated rings. The molecule has 1 amide bonds. The fourth-order valence-corrected chi connectivity index (χ4v) is 3.06. The van der Waals surface area contributed by atoms with Gasteiger partial charge in [-0.25, -0.2) is 4.98 Å². The largest absolute Gasteiger partial charge is 0.395 e. The minimum atomic E-state index is -0.463. The van der Waals surface area contributed by atoms with E-state index in [0.29, 0.717) is 5.13 Å². The van der Waals surface area contributed by atoms with Crippen LogP contribution in [-0.2, 0) is 17.6 Å². The van der Waals surface area contributed by atoms with Crippen LogP contribution in [0.15, 0.2) is 0 Å². The van der Waals surface area contributed by atoms with Gasteiger partial charge in [0.05, 0.1) is 31.5 Å². The lowest BCUT2D eigenvalue weighted by Gasteiger charge is -2.12. The molecule has 106 valence electrons. The Kier molecular flexibility index (Phi) is 5.26. The molecule has 0 radical (unpaired) electrons. The fraction of sp³-hybridized carbons (Fsp3) is 0.667. The van der Waals surface area contributed by atoms with E-state index in [9.17, 15) is 4.79 Å². The highest BCUT2D eigenvalue weighted by atomic mass is 32.1. The molecule has 2 rings (SSSR count). The van der Waals surface area contributed by atoms with E-state index in [1.54, 1.807) is 0 Å². The predicted molar refractivity (Wildman–Crippen MR) is 73.3 cm³/mol. The van der Waals surface area contributed by atoms with Crippen LogP contribution in [0.2, 0.25) is 0 Å². The van der Waals surface area contributed by atoms with E-state index in [0.717, 1.165) is 18.5 Å². The number of nitrogens with zero attached hydrogens (tertiary/aromatic N) is 1. The van der Waals surface area contributed by atoms with Gasteiger partial charge in [-0.3, -0.25) is 4.79 Å². The minimum absolute atomic E-state index is 0.0516. The number of carbonyl (C=O) groups is 1. The van der Waals surface area contributed by atoms with Crippen molar-refractivity contribution in [3.05, 3.63) is 10.6 Å². The number of carbonyl (C=O) groups excluding carboxylic acids is 1. The zero-order valence-electron chi connectivity index (χ0n) is 10.7. The minimum Gasteiger partial charge on any atom is -0.395 e. The van der Waals surface area contributed by atoms with Crippen LogP contribution >= 0.6 is 11.3 Å². The second-order valence-electron chi connectivity index (χ2n) is 4.59. The van der Waals surface area contributed by atoms with Gasteiger partial charge in [-0.05, 0) is 25.7 Å². The summed E-state index contributed by atoms with van der Waals surface area (Å²) in [5.41, 5.74) is 1.11. The summed E-state index contributed by atoms with van der Waals surface area (Å²) < 4.78 is 0. The Morgan fingerprint density at radius 3 is 2.74 bits per heavy atom. The monoisotopic (exact) mass is 285 g/mol.